The largest absolute Gasteiger partial charge is 0.350 e. The molecular weight excluding hydrogens is 492 g/mol. The molecule has 0 saturated carbocycles. The van der Waals surface area contributed by atoms with Gasteiger partial charge in [0.15, 0.2) is 0 Å². The number of nitrogens with zero attached hydrogens (tertiary/aromatic N) is 3. The van der Waals surface area contributed by atoms with Crippen molar-refractivity contribution in [2.24, 2.45) is 0 Å². The number of carbonyl (C=O) groups excluding carboxylic acids is 5. The maximum Gasteiger partial charge on any atom is 0.293 e. The van der Waals surface area contributed by atoms with Gasteiger partial charge < -0.3 is 5.32 Å². The van der Waals surface area contributed by atoms with Crippen LogP contribution >= 0.6 is 11.8 Å². The summed E-state index contributed by atoms with van der Waals surface area (Å²) in [6, 6.07) is 17.0. The van der Waals surface area contributed by atoms with E-state index in [0.29, 0.717) is 4.91 Å². The van der Waals surface area contributed by atoms with Crippen molar-refractivity contribution >= 4 is 46.7 Å². The Morgan fingerprint density at radius 1 is 0.865 bits per heavy atom. The highest BCUT2D eigenvalue weighted by atomic mass is 32.2. The van der Waals surface area contributed by atoms with Gasteiger partial charge in [0.25, 0.3) is 28.9 Å². The first kappa shape index (κ1) is 24.1. The normalized spacial score (nSPS) is 16.1. The van der Waals surface area contributed by atoms with E-state index >= 15 is 0 Å². The molecule has 5 rings (SSSR count). The molecular formula is C27H20N4O5S. The van der Waals surface area contributed by atoms with E-state index in [-0.39, 0.29) is 36.3 Å². The Hall–Kier alpha value is -4.57. The lowest BCUT2D eigenvalue weighted by Crippen LogP contribution is -2.37. The number of pyridine rings is 1. The summed E-state index contributed by atoms with van der Waals surface area (Å²) in [5, 5.41) is 2.26. The lowest BCUT2D eigenvalue weighted by atomic mass is 10.1. The van der Waals surface area contributed by atoms with Crippen molar-refractivity contribution in [3.63, 3.8) is 0 Å². The highest BCUT2D eigenvalue weighted by Crippen LogP contribution is 2.32. The average molecular weight is 513 g/mol. The molecule has 3 aromatic rings. The smallest absolute Gasteiger partial charge is 0.293 e. The average Bonchev–Trinajstić information content (AvgIpc) is 3.31. The van der Waals surface area contributed by atoms with Crippen LogP contribution in [0.4, 0.5) is 4.79 Å². The number of fused-ring (bicyclic) bond motifs is 1. The standard InChI is InChI=1S/C27H20N4O5S/c32-23(29-12-13-30-26(35)22(37-27(30)36)14-17-4-2-1-3-5-17)19-6-7-20-21(15-19)25(34)31(24(20)33)16-18-8-10-28-11-9-18/h1-11,14-15H,12-13,16H2,(H,29,32)/b22-14+. The van der Waals surface area contributed by atoms with Gasteiger partial charge in [0.2, 0.25) is 0 Å². The summed E-state index contributed by atoms with van der Waals surface area (Å²) in [6.45, 7) is 0.144. The molecule has 37 heavy (non-hydrogen) atoms. The van der Waals surface area contributed by atoms with Crippen molar-refractivity contribution in [2.75, 3.05) is 13.1 Å². The summed E-state index contributed by atoms with van der Waals surface area (Å²) in [4.78, 5) is 69.8. The fraction of sp³-hybridized carbons (Fsp3) is 0.111. The van der Waals surface area contributed by atoms with E-state index in [1.165, 1.54) is 18.2 Å². The van der Waals surface area contributed by atoms with Gasteiger partial charge in [0.05, 0.1) is 22.6 Å². The van der Waals surface area contributed by atoms with Crippen molar-refractivity contribution in [3.05, 3.63) is 106 Å². The van der Waals surface area contributed by atoms with E-state index in [1.54, 1.807) is 30.6 Å². The molecule has 2 aliphatic rings. The second-order valence-electron chi connectivity index (χ2n) is 8.31. The molecule has 1 fully saturated rings. The van der Waals surface area contributed by atoms with E-state index in [9.17, 15) is 24.0 Å². The highest BCUT2D eigenvalue weighted by molar-refractivity contribution is 8.18. The van der Waals surface area contributed by atoms with Crippen LogP contribution in [0.25, 0.3) is 6.08 Å². The van der Waals surface area contributed by atoms with Gasteiger partial charge in [0.1, 0.15) is 0 Å². The van der Waals surface area contributed by atoms with Crippen LogP contribution in [0.5, 0.6) is 0 Å². The second-order valence-corrected chi connectivity index (χ2v) is 9.31. The molecule has 0 bridgehead atoms. The molecule has 0 atom stereocenters. The second kappa shape index (κ2) is 10.2. The first-order chi connectivity index (χ1) is 17.9. The summed E-state index contributed by atoms with van der Waals surface area (Å²) in [7, 11) is 0. The zero-order valence-corrected chi connectivity index (χ0v) is 20.2. The van der Waals surface area contributed by atoms with E-state index in [4.69, 9.17) is 0 Å². The molecule has 1 aromatic heterocycles. The zero-order valence-electron chi connectivity index (χ0n) is 19.4. The van der Waals surface area contributed by atoms with E-state index in [0.717, 1.165) is 32.7 Å². The molecule has 2 aromatic carbocycles. The van der Waals surface area contributed by atoms with Crippen LogP contribution in [-0.2, 0) is 11.3 Å². The number of imide groups is 2. The summed E-state index contributed by atoms with van der Waals surface area (Å²) >= 11 is 0.855. The van der Waals surface area contributed by atoms with Crippen LogP contribution in [-0.4, -0.2) is 56.7 Å². The van der Waals surface area contributed by atoms with Crippen molar-refractivity contribution < 1.29 is 24.0 Å². The molecule has 2 aliphatic heterocycles. The number of rotatable bonds is 7. The fourth-order valence-corrected chi connectivity index (χ4v) is 4.89. The molecule has 10 heteroatoms. The molecule has 1 saturated heterocycles. The van der Waals surface area contributed by atoms with Crippen LogP contribution in [0.2, 0.25) is 0 Å². The van der Waals surface area contributed by atoms with Gasteiger partial charge in [0, 0.05) is 31.0 Å². The molecule has 0 aliphatic carbocycles. The lowest BCUT2D eigenvalue weighted by Gasteiger charge is -2.13. The number of hydrogen-bond acceptors (Lipinski definition) is 7. The zero-order chi connectivity index (χ0) is 25.9. The minimum absolute atomic E-state index is 0.00457. The Morgan fingerprint density at radius 3 is 2.35 bits per heavy atom. The van der Waals surface area contributed by atoms with Crippen LogP contribution in [0.1, 0.15) is 42.2 Å². The van der Waals surface area contributed by atoms with E-state index < -0.39 is 28.9 Å². The monoisotopic (exact) mass is 512 g/mol. The molecule has 0 radical (unpaired) electrons. The third-order valence-electron chi connectivity index (χ3n) is 5.91. The minimum atomic E-state index is -0.484. The fourth-order valence-electron chi connectivity index (χ4n) is 4.02. The van der Waals surface area contributed by atoms with Crippen molar-refractivity contribution in [3.8, 4) is 0 Å². The van der Waals surface area contributed by atoms with Gasteiger partial charge in [-0.2, -0.15) is 0 Å². The highest BCUT2D eigenvalue weighted by Gasteiger charge is 2.36. The maximum absolute atomic E-state index is 12.9. The Kier molecular flexibility index (Phi) is 6.65. The maximum atomic E-state index is 12.9. The predicted octanol–water partition coefficient (Wildman–Crippen LogP) is 3.34. The van der Waals surface area contributed by atoms with Crippen LogP contribution < -0.4 is 5.32 Å². The van der Waals surface area contributed by atoms with Gasteiger partial charge >= 0.3 is 0 Å². The first-order valence-corrected chi connectivity index (χ1v) is 12.2. The molecule has 0 unspecified atom stereocenters. The van der Waals surface area contributed by atoms with Gasteiger partial charge in [-0.3, -0.25) is 38.8 Å². The quantitative estimate of drug-likeness (QED) is 0.381. The first-order valence-electron chi connectivity index (χ1n) is 11.4. The van der Waals surface area contributed by atoms with Gasteiger partial charge in [-0.1, -0.05) is 30.3 Å². The number of amides is 5. The lowest BCUT2D eigenvalue weighted by molar-refractivity contribution is -0.122. The Labute approximate surface area is 216 Å². The minimum Gasteiger partial charge on any atom is -0.350 e. The number of thioether (sulfide) groups is 1. The van der Waals surface area contributed by atoms with Gasteiger partial charge in [-0.05, 0) is 59.3 Å². The summed E-state index contributed by atoms with van der Waals surface area (Å²) in [5.74, 6) is -1.80. The summed E-state index contributed by atoms with van der Waals surface area (Å²) in [6.07, 6.45) is 4.82. The van der Waals surface area contributed by atoms with Crippen molar-refractivity contribution in [2.45, 2.75) is 6.54 Å². The van der Waals surface area contributed by atoms with E-state index in [1.807, 2.05) is 30.3 Å². The molecule has 1 N–H and O–H groups in total. The molecule has 3 heterocycles. The predicted molar refractivity (Wildman–Crippen MR) is 136 cm³/mol. The molecule has 9 nitrogen and oxygen atoms in total. The number of nitrogens with one attached hydrogen (secondary N) is 1. The third-order valence-corrected chi connectivity index (χ3v) is 6.82. The Morgan fingerprint density at radius 2 is 1.59 bits per heavy atom. The van der Waals surface area contributed by atoms with Gasteiger partial charge in [-0.25, -0.2) is 0 Å². The number of aromatic nitrogens is 1. The van der Waals surface area contributed by atoms with Crippen LogP contribution in [0.3, 0.4) is 0 Å². The summed E-state index contributed by atoms with van der Waals surface area (Å²) in [5.41, 5.74) is 2.16. The third kappa shape index (κ3) is 4.91. The number of hydrogen-bond donors (Lipinski definition) is 1. The Balaban J connectivity index is 1.20. The Bertz CT molecular complexity index is 1460. The topological polar surface area (TPSA) is 117 Å². The molecule has 0 spiro atoms. The van der Waals surface area contributed by atoms with Gasteiger partial charge in [-0.15, -0.1) is 0 Å². The van der Waals surface area contributed by atoms with E-state index in [2.05, 4.69) is 10.3 Å². The number of carbonyl (C=O) groups is 5. The molecule has 184 valence electrons. The summed E-state index contributed by atoms with van der Waals surface area (Å²) < 4.78 is 0. The van der Waals surface area contributed by atoms with Crippen LogP contribution in [0.15, 0.2) is 78.0 Å². The van der Waals surface area contributed by atoms with Crippen molar-refractivity contribution in [1.82, 2.24) is 20.1 Å². The molecule has 5 amide bonds. The SMILES string of the molecule is O=C(NCCN1C(=O)S/C(=C/c2ccccc2)C1=O)c1ccc2c(c1)C(=O)N(Cc1ccncc1)C2=O. The van der Waals surface area contributed by atoms with Crippen LogP contribution in [0, 0.1) is 0 Å². The van der Waals surface area contributed by atoms with Crippen molar-refractivity contribution in [1.29, 1.82) is 0 Å². The number of benzene rings is 2.